The number of phenolic OH excluding ortho intramolecular Hbond substituents is 1. The molecule has 3 amide bonds. The molecule has 5 heterocycles. The van der Waals surface area contributed by atoms with Crippen LogP contribution in [0.15, 0.2) is 101 Å². The van der Waals surface area contributed by atoms with E-state index in [1.807, 2.05) is 99.9 Å². The number of ether oxygens (including phenoxy) is 3. The number of aromatic hydroxyl groups is 1. The number of halogens is 1. The van der Waals surface area contributed by atoms with E-state index >= 15 is 0 Å². The molecule has 0 aliphatic carbocycles. The maximum atomic E-state index is 14.1. The van der Waals surface area contributed by atoms with Crippen molar-refractivity contribution in [2.45, 2.75) is 84.2 Å². The van der Waals surface area contributed by atoms with Crippen LogP contribution in [0.5, 0.6) is 23.0 Å². The number of fused-ring (bicyclic) bond motifs is 1. The fourth-order valence-electron chi connectivity index (χ4n) is 9.55. The van der Waals surface area contributed by atoms with Crippen molar-refractivity contribution in [3.8, 4) is 43.9 Å². The third-order valence-electron chi connectivity index (χ3n) is 13.5. The molecule has 3 fully saturated rings. The number of aromatic nitrogens is 1. The first-order valence-corrected chi connectivity index (χ1v) is 26.6. The van der Waals surface area contributed by atoms with Crippen molar-refractivity contribution in [2.75, 3.05) is 52.5 Å². The fourth-order valence-corrected chi connectivity index (χ4v) is 11.8. The molecule has 16 heteroatoms. The summed E-state index contributed by atoms with van der Waals surface area (Å²) in [4.78, 5) is 54.0. The highest BCUT2D eigenvalue weighted by Crippen LogP contribution is 2.47. The Morgan fingerprint density at radius 3 is 2.27 bits per heavy atom. The lowest BCUT2D eigenvalue weighted by atomic mass is 9.85. The molecule has 70 heavy (non-hydrogen) atoms. The van der Waals surface area contributed by atoms with Crippen LogP contribution in [0, 0.1) is 12.3 Å². The van der Waals surface area contributed by atoms with Crippen LogP contribution in [0.25, 0.3) is 31.0 Å². The normalized spacial score (nSPS) is 17.6. The Labute approximate surface area is 426 Å². The van der Waals surface area contributed by atoms with Crippen molar-refractivity contribution in [3.63, 3.8) is 0 Å². The maximum Gasteiger partial charge on any atom is 0.246 e. The van der Waals surface area contributed by atoms with E-state index < -0.39 is 17.5 Å². The van der Waals surface area contributed by atoms with E-state index in [-0.39, 0.29) is 36.1 Å². The number of thiazole rings is 1. The summed E-state index contributed by atoms with van der Waals surface area (Å²) in [6.07, 6.45) is 3.41. The number of amides is 3. The lowest BCUT2D eigenvalue weighted by Crippen LogP contribution is -2.60. The summed E-state index contributed by atoms with van der Waals surface area (Å²) in [6, 6.07) is 28.3. The number of carbonyl (C=O) groups excluding carboxylic acids is 3. The molecule has 1 unspecified atom stereocenters. The van der Waals surface area contributed by atoms with Crippen LogP contribution in [0.3, 0.4) is 0 Å². The number of hydrogen-bond donors (Lipinski definition) is 3. The molecule has 9 rings (SSSR count). The largest absolute Gasteiger partial charge is 0.508 e. The van der Waals surface area contributed by atoms with E-state index in [1.165, 1.54) is 0 Å². The van der Waals surface area contributed by atoms with E-state index in [1.54, 1.807) is 39.7 Å². The minimum absolute atomic E-state index is 0.162. The fraction of sp³-hybridized carbons (Fsp3) is 0.407. The number of carbonyl (C=O) groups is 3. The Morgan fingerprint density at radius 1 is 0.871 bits per heavy atom. The average molecular weight is 1050 g/mol. The summed E-state index contributed by atoms with van der Waals surface area (Å²) in [5, 5.41) is 17.2. The van der Waals surface area contributed by atoms with Gasteiger partial charge >= 0.3 is 0 Å². The lowest BCUT2D eigenvalue weighted by molar-refractivity contribution is -0.144. The van der Waals surface area contributed by atoms with E-state index in [9.17, 15) is 19.5 Å². The van der Waals surface area contributed by atoms with Crippen LogP contribution in [0.2, 0.25) is 0 Å². The van der Waals surface area contributed by atoms with Crippen molar-refractivity contribution in [2.24, 2.45) is 5.41 Å². The molecular formula is C54H61BrN6O7S2. The van der Waals surface area contributed by atoms with Gasteiger partial charge in [0.2, 0.25) is 17.7 Å². The van der Waals surface area contributed by atoms with Crippen molar-refractivity contribution in [1.82, 2.24) is 30.3 Å². The van der Waals surface area contributed by atoms with Crippen molar-refractivity contribution >= 4 is 66.4 Å². The van der Waals surface area contributed by atoms with Crippen LogP contribution in [-0.2, 0) is 25.7 Å². The smallest absolute Gasteiger partial charge is 0.246 e. The minimum atomic E-state index is -0.758. The number of benzene rings is 4. The molecule has 0 bridgehead atoms. The van der Waals surface area contributed by atoms with Crippen LogP contribution in [0.4, 0.5) is 0 Å². The number of rotatable bonds is 17. The van der Waals surface area contributed by atoms with Gasteiger partial charge in [-0.25, -0.2) is 4.98 Å². The number of likely N-dealkylation sites (tertiary alicyclic amines) is 3. The number of hydrogen-bond acceptors (Lipinski definition) is 12. The number of piperidine rings is 1. The van der Waals surface area contributed by atoms with Gasteiger partial charge < -0.3 is 34.9 Å². The average Bonchev–Trinajstić information content (AvgIpc) is 4.09. The Balaban J connectivity index is 0.673. The van der Waals surface area contributed by atoms with E-state index in [0.717, 1.165) is 104 Å². The first-order valence-electron chi connectivity index (χ1n) is 24.1. The van der Waals surface area contributed by atoms with Crippen LogP contribution >= 0.6 is 38.6 Å². The highest BCUT2D eigenvalue weighted by Gasteiger charge is 2.42. The highest BCUT2D eigenvalue weighted by molar-refractivity contribution is 9.10. The Kier molecular flexibility index (Phi) is 15.6. The van der Waals surface area contributed by atoms with Crippen LogP contribution < -0.4 is 20.1 Å². The Bertz CT molecular complexity index is 2760. The summed E-state index contributed by atoms with van der Waals surface area (Å²) in [5.74, 6) is 1.84. The third kappa shape index (κ3) is 11.9. The standard InChI is InChI=1S/C54H61BrN6O7S2/c1-34-49(69-33-57-34)36-9-7-35(8-10-36)29-56-52(64)45-6-5-23-61(45)53(65)51(54(2,3)4)58-47(63)32-59-24-21-39(22-25-59)60-30-43(31-60)67-27-26-66-41-16-18-42(19-17-41)68-48-44-20-15-40(62)28-46(44)70-50(48)37-11-13-38(55)14-12-37/h7-20,28,33,39,43,45,51,62H,5-6,21-27,29-32H2,1-4H3,(H,56,64)(H,58,63)/t45-,51?/m0/s1. The first-order chi connectivity index (χ1) is 33.7. The summed E-state index contributed by atoms with van der Waals surface area (Å²) >= 11 is 6.71. The highest BCUT2D eigenvalue weighted by atomic mass is 79.9. The van der Waals surface area contributed by atoms with Gasteiger partial charge in [0.1, 0.15) is 35.9 Å². The Hall–Kier alpha value is -5.36. The second-order valence-corrected chi connectivity index (χ2v) is 22.4. The van der Waals surface area contributed by atoms with Gasteiger partial charge in [0.15, 0.2) is 5.75 Å². The zero-order valence-electron chi connectivity index (χ0n) is 40.1. The lowest BCUT2D eigenvalue weighted by Gasteiger charge is -2.46. The topological polar surface area (TPSA) is 146 Å². The second-order valence-electron chi connectivity index (χ2n) is 19.6. The predicted octanol–water partition coefficient (Wildman–Crippen LogP) is 9.64. The maximum absolute atomic E-state index is 14.1. The third-order valence-corrected chi connectivity index (χ3v) is 16.2. The summed E-state index contributed by atoms with van der Waals surface area (Å²) in [5.41, 5.74) is 5.41. The molecule has 0 radical (unpaired) electrons. The van der Waals surface area contributed by atoms with Gasteiger partial charge in [-0.3, -0.25) is 24.2 Å². The summed E-state index contributed by atoms with van der Waals surface area (Å²) in [7, 11) is 0. The van der Waals surface area contributed by atoms with Crippen molar-refractivity contribution < 1.29 is 33.7 Å². The number of nitrogens with zero attached hydrogens (tertiary/aromatic N) is 4. The molecule has 0 spiro atoms. The summed E-state index contributed by atoms with van der Waals surface area (Å²) in [6.45, 7) is 13.2. The van der Waals surface area contributed by atoms with E-state index in [0.29, 0.717) is 44.5 Å². The van der Waals surface area contributed by atoms with Gasteiger partial charge in [-0.05, 0) is 109 Å². The number of nitrogens with one attached hydrogen (secondary N) is 2. The van der Waals surface area contributed by atoms with Crippen LogP contribution in [0.1, 0.15) is 57.7 Å². The van der Waals surface area contributed by atoms with Gasteiger partial charge in [0.05, 0.1) is 40.2 Å². The minimum Gasteiger partial charge on any atom is -0.508 e. The van der Waals surface area contributed by atoms with Crippen molar-refractivity contribution in [3.05, 3.63) is 112 Å². The van der Waals surface area contributed by atoms with Crippen LogP contribution in [-0.4, -0.2) is 119 Å². The quantitative estimate of drug-likeness (QED) is 0.0756. The second kappa shape index (κ2) is 22.0. The number of phenols is 1. The van der Waals surface area contributed by atoms with Gasteiger partial charge in [-0.2, -0.15) is 0 Å². The molecule has 2 atom stereocenters. The van der Waals surface area contributed by atoms with E-state index in [2.05, 4.69) is 53.5 Å². The van der Waals surface area contributed by atoms with Crippen molar-refractivity contribution in [1.29, 1.82) is 0 Å². The molecule has 13 nitrogen and oxygen atoms in total. The molecular weight excluding hydrogens is 989 g/mol. The van der Waals surface area contributed by atoms with Gasteiger partial charge in [0.25, 0.3) is 0 Å². The first kappa shape index (κ1) is 49.6. The molecule has 3 aliphatic heterocycles. The number of aryl methyl sites for hydroxylation is 1. The Morgan fingerprint density at radius 2 is 1.57 bits per heavy atom. The molecule has 3 aliphatic rings. The zero-order chi connectivity index (χ0) is 48.9. The van der Waals surface area contributed by atoms with Gasteiger partial charge in [-0.1, -0.05) is 73.1 Å². The molecule has 4 aromatic carbocycles. The van der Waals surface area contributed by atoms with E-state index in [4.69, 9.17) is 14.2 Å². The molecule has 368 valence electrons. The predicted molar refractivity (Wildman–Crippen MR) is 280 cm³/mol. The van der Waals surface area contributed by atoms with Gasteiger partial charge in [0, 0.05) is 59.9 Å². The monoisotopic (exact) mass is 1050 g/mol. The molecule has 6 aromatic rings. The molecule has 3 N–H and O–H groups in total. The molecule has 2 aromatic heterocycles. The van der Waals surface area contributed by atoms with Gasteiger partial charge in [-0.15, -0.1) is 22.7 Å². The SMILES string of the molecule is Cc1ncsc1-c1ccc(CNC(=O)[C@@H]2CCCN2C(=O)C(NC(=O)CN2CCC(N3CC(OCCOc4ccc(Oc5c(-c6ccc(Br)cc6)sc6cc(O)ccc56)cc4)C3)CC2)C(C)(C)C)cc1. The zero-order valence-corrected chi connectivity index (χ0v) is 43.3. The molecule has 3 saturated heterocycles. The summed E-state index contributed by atoms with van der Waals surface area (Å²) < 4.78 is 20.6. The number of thiophene rings is 1. The molecule has 0 saturated carbocycles.